The second-order valence-corrected chi connectivity index (χ2v) is 7.84. The summed E-state index contributed by atoms with van der Waals surface area (Å²) in [5.41, 5.74) is 0.894. The molecule has 8 nitrogen and oxygen atoms in total. The number of anilines is 1. The van der Waals surface area contributed by atoms with Gasteiger partial charge in [0.15, 0.2) is 11.5 Å². The van der Waals surface area contributed by atoms with Crippen LogP contribution in [0, 0.1) is 0 Å². The molecule has 8 heteroatoms. The fraction of sp³-hybridized carbons (Fsp3) is 0.222. The molecule has 180 valence electrons. The minimum Gasteiger partial charge on any atom is -0.507 e. The molecule has 1 amide bonds. The van der Waals surface area contributed by atoms with Gasteiger partial charge in [-0.15, -0.1) is 0 Å². The number of rotatable bonds is 8. The molecule has 1 aliphatic heterocycles. The number of ether oxygens (including phenoxy) is 3. The zero-order valence-electron chi connectivity index (χ0n) is 19.7. The summed E-state index contributed by atoms with van der Waals surface area (Å²) in [6, 6.07) is 16.0. The number of Topliss-reactive ketones (excluding diaryl/α,β-unsaturated/α-hetero) is 1. The topological polar surface area (TPSA) is 98.2 Å². The molecule has 0 aliphatic carbocycles. The maximum atomic E-state index is 13.3. The number of aliphatic hydroxyl groups is 1. The molecule has 1 aromatic heterocycles. The lowest BCUT2D eigenvalue weighted by Crippen LogP contribution is -2.30. The molecule has 2 heterocycles. The van der Waals surface area contributed by atoms with E-state index in [4.69, 9.17) is 14.2 Å². The van der Waals surface area contributed by atoms with Gasteiger partial charge in [0.2, 0.25) is 0 Å². The number of amides is 1. The molecule has 35 heavy (non-hydrogen) atoms. The summed E-state index contributed by atoms with van der Waals surface area (Å²) < 4.78 is 16.4. The lowest BCUT2D eigenvalue weighted by atomic mass is 9.95. The molecular weight excluding hydrogens is 448 g/mol. The van der Waals surface area contributed by atoms with Crippen molar-refractivity contribution in [2.75, 3.05) is 25.7 Å². The Morgan fingerprint density at radius 3 is 2.37 bits per heavy atom. The predicted octanol–water partition coefficient (Wildman–Crippen LogP) is 4.51. The molecule has 1 N–H and O–H groups in total. The number of carbonyl (C=O) groups is 2. The number of nitrogens with zero attached hydrogens (tertiary/aromatic N) is 2. The SMILES string of the molecule is CCCOc1ccc(/C(O)=C2/C(=O)C(=O)N(c3ccccn3)C2c2ccc(OC)c(OC)c2)cc1. The average Bonchev–Trinajstić information content (AvgIpc) is 3.17. The third-order valence-electron chi connectivity index (χ3n) is 5.66. The number of aliphatic hydroxyl groups excluding tert-OH is 1. The van der Waals surface area contributed by atoms with E-state index >= 15 is 0 Å². The van der Waals surface area contributed by atoms with Crippen molar-refractivity contribution < 1.29 is 28.9 Å². The molecule has 0 radical (unpaired) electrons. The van der Waals surface area contributed by atoms with Gasteiger partial charge in [-0.25, -0.2) is 4.98 Å². The minimum absolute atomic E-state index is 0.0462. The maximum absolute atomic E-state index is 13.3. The summed E-state index contributed by atoms with van der Waals surface area (Å²) in [5.74, 6) is -0.0240. The fourth-order valence-corrected chi connectivity index (χ4v) is 3.99. The van der Waals surface area contributed by atoms with E-state index in [-0.39, 0.29) is 17.2 Å². The highest BCUT2D eigenvalue weighted by atomic mass is 16.5. The van der Waals surface area contributed by atoms with Gasteiger partial charge < -0.3 is 19.3 Å². The van der Waals surface area contributed by atoms with Crippen LogP contribution in [0.3, 0.4) is 0 Å². The highest BCUT2D eigenvalue weighted by molar-refractivity contribution is 6.51. The standard InChI is InChI=1S/C27H26N2O6/c1-4-15-35-19-11-8-17(9-12-19)25(30)23-24(18-10-13-20(33-2)21(16-18)34-3)29(27(32)26(23)31)22-7-5-6-14-28-22/h5-14,16,24,30H,4,15H2,1-3H3/b25-23-. The molecular formula is C27H26N2O6. The Labute approximate surface area is 203 Å². The van der Waals surface area contributed by atoms with Crippen LogP contribution in [-0.2, 0) is 9.59 Å². The van der Waals surface area contributed by atoms with Crippen LogP contribution in [0.25, 0.3) is 5.76 Å². The second-order valence-electron chi connectivity index (χ2n) is 7.84. The van der Waals surface area contributed by atoms with Crippen molar-refractivity contribution in [3.8, 4) is 17.2 Å². The van der Waals surface area contributed by atoms with Gasteiger partial charge in [-0.05, 0) is 60.5 Å². The Morgan fingerprint density at radius 2 is 1.74 bits per heavy atom. The van der Waals surface area contributed by atoms with E-state index in [1.165, 1.54) is 25.3 Å². The number of hydrogen-bond donors (Lipinski definition) is 1. The summed E-state index contributed by atoms with van der Waals surface area (Å²) in [5, 5.41) is 11.3. The van der Waals surface area contributed by atoms with E-state index in [1.807, 2.05) is 6.92 Å². The molecule has 0 saturated carbocycles. The first-order valence-corrected chi connectivity index (χ1v) is 11.2. The fourth-order valence-electron chi connectivity index (χ4n) is 3.99. The maximum Gasteiger partial charge on any atom is 0.301 e. The Balaban J connectivity index is 1.87. The van der Waals surface area contributed by atoms with Crippen LogP contribution in [0.2, 0.25) is 0 Å². The number of ketones is 1. The largest absolute Gasteiger partial charge is 0.507 e. The Hall–Kier alpha value is -4.33. The van der Waals surface area contributed by atoms with E-state index in [2.05, 4.69) is 4.98 Å². The van der Waals surface area contributed by atoms with Gasteiger partial charge in [-0.3, -0.25) is 14.5 Å². The van der Waals surface area contributed by atoms with Gasteiger partial charge >= 0.3 is 5.91 Å². The molecule has 3 aromatic rings. The molecule has 2 aromatic carbocycles. The van der Waals surface area contributed by atoms with Gasteiger partial charge in [-0.2, -0.15) is 0 Å². The highest BCUT2D eigenvalue weighted by Gasteiger charge is 2.47. The van der Waals surface area contributed by atoms with Gasteiger partial charge in [0, 0.05) is 11.8 Å². The van der Waals surface area contributed by atoms with Crippen molar-refractivity contribution in [2.45, 2.75) is 19.4 Å². The average molecular weight is 475 g/mol. The van der Waals surface area contributed by atoms with Crippen LogP contribution in [0.4, 0.5) is 5.82 Å². The van der Waals surface area contributed by atoms with Crippen molar-refractivity contribution in [1.82, 2.24) is 4.98 Å². The second kappa shape index (κ2) is 10.3. The van der Waals surface area contributed by atoms with E-state index in [9.17, 15) is 14.7 Å². The molecule has 1 unspecified atom stereocenters. The minimum atomic E-state index is -0.930. The number of benzene rings is 2. The number of pyridine rings is 1. The van der Waals surface area contributed by atoms with Crippen molar-refractivity contribution >= 4 is 23.3 Å². The van der Waals surface area contributed by atoms with Crippen LogP contribution >= 0.6 is 0 Å². The van der Waals surface area contributed by atoms with Crippen LogP contribution < -0.4 is 19.1 Å². The van der Waals surface area contributed by atoms with E-state index in [0.29, 0.717) is 35.0 Å². The lowest BCUT2D eigenvalue weighted by molar-refractivity contribution is -0.132. The number of methoxy groups -OCH3 is 2. The number of carbonyl (C=O) groups excluding carboxylic acids is 2. The number of aromatic nitrogens is 1. The van der Waals surface area contributed by atoms with Crippen LogP contribution in [0.5, 0.6) is 17.2 Å². The predicted molar refractivity (Wildman–Crippen MR) is 131 cm³/mol. The monoisotopic (exact) mass is 474 g/mol. The zero-order chi connectivity index (χ0) is 24.9. The Bertz CT molecular complexity index is 1250. The van der Waals surface area contributed by atoms with Crippen LogP contribution in [0.15, 0.2) is 72.4 Å². The first-order chi connectivity index (χ1) is 17.0. The first kappa shape index (κ1) is 23.8. The highest BCUT2D eigenvalue weighted by Crippen LogP contribution is 2.43. The van der Waals surface area contributed by atoms with E-state index < -0.39 is 17.7 Å². The smallest absolute Gasteiger partial charge is 0.301 e. The summed E-state index contributed by atoms with van der Waals surface area (Å²) in [7, 11) is 3.02. The Morgan fingerprint density at radius 1 is 1.00 bits per heavy atom. The van der Waals surface area contributed by atoms with E-state index in [1.54, 1.807) is 60.7 Å². The van der Waals surface area contributed by atoms with Gasteiger partial charge in [0.25, 0.3) is 5.78 Å². The van der Waals surface area contributed by atoms with E-state index in [0.717, 1.165) is 6.42 Å². The van der Waals surface area contributed by atoms with Crippen LogP contribution in [-0.4, -0.2) is 42.6 Å². The van der Waals surface area contributed by atoms with Crippen molar-refractivity contribution in [1.29, 1.82) is 0 Å². The van der Waals surface area contributed by atoms with Gasteiger partial charge in [-0.1, -0.05) is 19.1 Å². The number of hydrogen-bond acceptors (Lipinski definition) is 7. The van der Waals surface area contributed by atoms with Crippen molar-refractivity contribution in [3.63, 3.8) is 0 Å². The van der Waals surface area contributed by atoms with Crippen molar-refractivity contribution in [2.24, 2.45) is 0 Å². The molecule has 1 fully saturated rings. The third-order valence-corrected chi connectivity index (χ3v) is 5.66. The Kier molecular flexibility index (Phi) is 7.01. The summed E-state index contributed by atoms with van der Waals surface area (Å²) in [4.78, 5) is 32.0. The van der Waals surface area contributed by atoms with Gasteiger partial charge in [0.05, 0.1) is 32.4 Å². The van der Waals surface area contributed by atoms with Gasteiger partial charge in [0.1, 0.15) is 17.3 Å². The normalized spacial score (nSPS) is 16.9. The molecule has 1 saturated heterocycles. The van der Waals surface area contributed by atoms with Crippen molar-refractivity contribution in [3.05, 3.63) is 83.6 Å². The molecule has 1 atom stereocenters. The summed E-state index contributed by atoms with van der Waals surface area (Å²) in [6.07, 6.45) is 2.40. The molecule has 1 aliphatic rings. The lowest BCUT2D eigenvalue weighted by Gasteiger charge is -2.25. The van der Waals surface area contributed by atoms with Crippen LogP contribution in [0.1, 0.15) is 30.5 Å². The summed E-state index contributed by atoms with van der Waals surface area (Å²) in [6.45, 7) is 2.58. The quantitative estimate of drug-likeness (QED) is 0.291. The molecule has 4 rings (SSSR count). The third kappa shape index (κ3) is 4.55. The zero-order valence-corrected chi connectivity index (χ0v) is 19.7. The molecule has 0 bridgehead atoms. The molecule has 0 spiro atoms. The first-order valence-electron chi connectivity index (χ1n) is 11.2. The summed E-state index contributed by atoms with van der Waals surface area (Å²) >= 11 is 0.